The van der Waals surface area contributed by atoms with E-state index in [9.17, 15) is 9.59 Å². The second-order valence-electron chi connectivity index (χ2n) is 4.98. The Labute approximate surface area is 118 Å². The van der Waals surface area contributed by atoms with Gasteiger partial charge in [0.1, 0.15) is 5.69 Å². The molecular formula is C14H21N3O3. The van der Waals surface area contributed by atoms with Crippen molar-refractivity contribution in [2.75, 3.05) is 26.8 Å². The summed E-state index contributed by atoms with van der Waals surface area (Å²) in [6, 6.07) is 2.91. The Morgan fingerprint density at radius 2 is 1.95 bits per heavy atom. The molecule has 110 valence electrons. The van der Waals surface area contributed by atoms with Crippen LogP contribution in [0.5, 0.6) is 0 Å². The van der Waals surface area contributed by atoms with E-state index in [-0.39, 0.29) is 11.5 Å². The minimum atomic E-state index is -0.213. The number of hydrogen-bond donors (Lipinski definition) is 0. The van der Waals surface area contributed by atoms with Gasteiger partial charge in [0.2, 0.25) is 0 Å². The van der Waals surface area contributed by atoms with Gasteiger partial charge in [-0.05, 0) is 18.9 Å². The second kappa shape index (κ2) is 7.19. The Hall–Kier alpha value is -1.69. The average molecular weight is 279 g/mol. The van der Waals surface area contributed by atoms with Crippen LogP contribution < -0.4 is 5.56 Å². The Morgan fingerprint density at radius 1 is 1.25 bits per heavy atom. The van der Waals surface area contributed by atoms with Crippen LogP contribution in [-0.4, -0.2) is 47.4 Å². The molecule has 1 amide bonds. The largest absolute Gasteiger partial charge is 0.383 e. The fraction of sp³-hybridized carbons (Fsp3) is 0.643. The van der Waals surface area contributed by atoms with Gasteiger partial charge in [-0.1, -0.05) is 12.8 Å². The van der Waals surface area contributed by atoms with Gasteiger partial charge in [0.15, 0.2) is 0 Å². The van der Waals surface area contributed by atoms with E-state index < -0.39 is 0 Å². The summed E-state index contributed by atoms with van der Waals surface area (Å²) < 4.78 is 6.23. The third kappa shape index (κ3) is 3.66. The van der Waals surface area contributed by atoms with Crippen LogP contribution >= 0.6 is 0 Å². The van der Waals surface area contributed by atoms with Gasteiger partial charge in [-0.15, -0.1) is 0 Å². The predicted octanol–water partition coefficient (Wildman–Crippen LogP) is 0.906. The van der Waals surface area contributed by atoms with Crippen molar-refractivity contribution in [1.29, 1.82) is 0 Å². The van der Waals surface area contributed by atoms with Crippen LogP contribution in [0.15, 0.2) is 16.9 Å². The Kier molecular flexibility index (Phi) is 5.29. The fourth-order valence-electron chi connectivity index (χ4n) is 2.34. The summed E-state index contributed by atoms with van der Waals surface area (Å²) in [5.41, 5.74) is 0.122. The van der Waals surface area contributed by atoms with Crippen molar-refractivity contribution in [3.05, 3.63) is 28.2 Å². The van der Waals surface area contributed by atoms with Crippen molar-refractivity contribution in [2.24, 2.45) is 0 Å². The molecule has 0 aromatic carbocycles. The number of likely N-dealkylation sites (tertiary alicyclic amines) is 1. The summed E-state index contributed by atoms with van der Waals surface area (Å²) in [6.07, 6.45) is 4.42. The lowest BCUT2D eigenvalue weighted by molar-refractivity contribution is 0.0752. The van der Waals surface area contributed by atoms with Crippen LogP contribution in [0.4, 0.5) is 0 Å². The maximum absolute atomic E-state index is 12.4. The summed E-state index contributed by atoms with van der Waals surface area (Å²) in [7, 11) is 1.57. The van der Waals surface area contributed by atoms with Crippen molar-refractivity contribution in [1.82, 2.24) is 14.7 Å². The number of rotatable bonds is 4. The molecule has 0 N–H and O–H groups in total. The van der Waals surface area contributed by atoms with Gasteiger partial charge in [-0.3, -0.25) is 9.59 Å². The highest BCUT2D eigenvalue weighted by Crippen LogP contribution is 2.11. The molecule has 0 bridgehead atoms. The highest BCUT2D eigenvalue weighted by molar-refractivity contribution is 5.92. The molecule has 0 aliphatic carbocycles. The average Bonchev–Trinajstić information content (AvgIpc) is 2.75. The number of hydrogen-bond acceptors (Lipinski definition) is 4. The normalized spacial score (nSPS) is 15.9. The van der Waals surface area contributed by atoms with Crippen LogP contribution in [0, 0.1) is 0 Å². The highest BCUT2D eigenvalue weighted by atomic mass is 16.5. The van der Waals surface area contributed by atoms with E-state index in [1.54, 1.807) is 7.11 Å². The van der Waals surface area contributed by atoms with Crippen LogP contribution in [0.3, 0.4) is 0 Å². The maximum atomic E-state index is 12.4. The summed E-state index contributed by atoms with van der Waals surface area (Å²) in [4.78, 5) is 25.9. The molecule has 1 fully saturated rings. The lowest BCUT2D eigenvalue weighted by Crippen LogP contribution is -2.34. The molecule has 1 saturated heterocycles. The van der Waals surface area contributed by atoms with Crippen molar-refractivity contribution in [3.63, 3.8) is 0 Å². The Balaban J connectivity index is 2.14. The van der Waals surface area contributed by atoms with E-state index >= 15 is 0 Å². The molecule has 0 unspecified atom stereocenters. The van der Waals surface area contributed by atoms with Gasteiger partial charge in [0, 0.05) is 26.3 Å². The van der Waals surface area contributed by atoms with E-state index in [4.69, 9.17) is 4.74 Å². The van der Waals surface area contributed by atoms with Gasteiger partial charge < -0.3 is 9.64 Å². The molecule has 0 saturated carbocycles. The fourth-order valence-corrected chi connectivity index (χ4v) is 2.34. The van der Waals surface area contributed by atoms with Gasteiger partial charge in [0.25, 0.3) is 11.5 Å². The van der Waals surface area contributed by atoms with E-state index in [0.29, 0.717) is 18.8 Å². The molecule has 0 radical (unpaired) electrons. The Bertz CT molecular complexity index is 505. The zero-order valence-corrected chi connectivity index (χ0v) is 11.9. The molecule has 2 heterocycles. The maximum Gasteiger partial charge on any atom is 0.274 e. The number of amides is 1. The SMILES string of the molecule is COCCn1nc(C(=O)N2CCCCCC2)ccc1=O. The summed E-state index contributed by atoms with van der Waals surface area (Å²) >= 11 is 0. The van der Waals surface area contributed by atoms with Crippen molar-refractivity contribution < 1.29 is 9.53 Å². The third-order valence-corrected chi connectivity index (χ3v) is 3.49. The number of carbonyl (C=O) groups excluding carboxylic acids is 1. The molecular weight excluding hydrogens is 258 g/mol. The molecule has 0 atom stereocenters. The quantitative estimate of drug-likeness (QED) is 0.821. The number of methoxy groups -OCH3 is 1. The minimum Gasteiger partial charge on any atom is -0.383 e. The molecule has 1 aliphatic rings. The zero-order valence-electron chi connectivity index (χ0n) is 11.9. The lowest BCUT2D eigenvalue weighted by atomic mass is 10.2. The van der Waals surface area contributed by atoms with Gasteiger partial charge in [-0.25, -0.2) is 4.68 Å². The molecule has 2 rings (SSSR count). The predicted molar refractivity (Wildman–Crippen MR) is 74.7 cm³/mol. The molecule has 1 aromatic rings. The smallest absolute Gasteiger partial charge is 0.274 e. The third-order valence-electron chi connectivity index (χ3n) is 3.49. The van der Waals surface area contributed by atoms with E-state index in [1.807, 2.05) is 4.90 Å². The molecule has 6 heteroatoms. The standard InChI is InChI=1S/C14H21N3O3/c1-20-11-10-17-13(18)7-6-12(15-17)14(19)16-8-4-2-3-5-9-16/h6-7H,2-5,8-11H2,1H3. The van der Waals surface area contributed by atoms with E-state index in [1.165, 1.54) is 29.7 Å². The molecule has 20 heavy (non-hydrogen) atoms. The molecule has 1 aliphatic heterocycles. The molecule has 6 nitrogen and oxygen atoms in total. The number of nitrogens with zero attached hydrogens (tertiary/aromatic N) is 3. The molecule has 1 aromatic heterocycles. The minimum absolute atomic E-state index is 0.0851. The van der Waals surface area contributed by atoms with Crippen molar-refractivity contribution in [2.45, 2.75) is 32.2 Å². The summed E-state index contributed by atoms with van der Waals surface area (Å²) in [6.45, 7) is 2.31. The lowest BCUT2D eigenvalue weighted by Gasteiger charge is -2.19. The first-order chi connectivity index (χ1) is 9.72. The van der Waals surface area contributed by atoms with Crippen molar-refractivity contribution in [3.8, 4) is 0 Å². The summed E-state index contributed by atoms with van der Waals surface area (Å²) in [5, 5.41) is 4.15. The van der Waals surface area contributed by atoms with Crippen molar-refractivity contribution >= 4 is 5.91 Å². The Morgan fingerprint density at radius 3 is 2.60 bits per heavy atom. The first-order valence-corrected chi connectivity index (χ1v) is 7.09. The first kappa shape index (κ1) is 14.7. The van der Waals surface area contributed by atoms with E-state index in [2.05, 4.69) is 5.10 Å². The number of ether oxygens (including phenoxy) is 1. The topological polar surface area (TPSA) is 64.4 Å². The van der Waals surface area contributed by atoms with Crippen LogP contribution in [0.1, 0.15) is 36.2 Å². The van der Waals surface area contributed by atoms with Gasteiger partial charge in [0.05, 0.1) is 13.2 Å². The van der Waals surface area contributed by atoms with Crippen LogP contribution in [0.2, 0.25) is 0 Å². The van der Waals surface area contributed by atoms with Gasteiger partial charge >= 0.3 is 0 Å². The zero-order chi connectivity index (χ0) is 14.4. The highest BCUT2D eigenvalue weighted by Gasteiger charge is 2.19. The monoisotopic (exact) mass is 279 g/mol. The number of carbonyl (C=O) groups is 1. The van der Waals surface area contributed by atoms with Crippen LogP contribution in [0.25, 0.3) is 0 Å². The van der Waals surface area contributed by atoms with Gasteiger partial charge in [-0.2, -0.15) is 5.10 Å². The first-order valence-electron chi connectivity index (χ1n) is 7.09. The van der Waals surface area contributed by atoms with E-state index in [0.717, 1.165) is 25.9 Å². The molecule has 0 spiro atoms. The second-order valence-corrected chi connectivity index (χ2v) is 4.98. The van der Waals surface area contributed by atoms with Crippen LogP contribution in [-0.2, 0) is 11.3 Å². The summed E-state index contributed by atoms with van der Waals surface area (Å²) in [5.74, 6) is -0.0851. The number of aromatic nitrogens is 2.